The van der Waals surface area contributed by atoms with Gasteiger partial charge in [-0.1, -0.05) is 0 Å². The lowest BCUT2D eigenvalue weighted by Gasteiger charge is -2.06. The second-order valence-corrected chi connectivity index (χ2v) is 3.54. The molecule has 0 saturated carbocycles. The van der Waals surface area contributed by atoms with Crippen molar-refractivity contribution in [2.75, 3.05) is 5.75 Å². The Labute approximate surface area is 49.8 Å². The first-order chi connectivity index (χ1) is 3.71. The molecule has 1 fully saturated rings. The van der Waals surface area contributed by atoms with Crippen LogP contribution < -0.4 is 0 Å². The quantitative estimate of drug-likeness (QED) is 0.473. The average molecular weight is 130 g/mol. The van der Waals surface area contributed by atoms with Crippen molar-refractivity contribution in [1.29, 1.82) is 0 Å². The van der Waals surface area contributed by atoms with E-state index in [1.807, 2.05) is 0 Å². The van der Waals surface area contributed by atoms with Crippen molar-refractivity contribution in [3.63, 3.8) is 0 Å². The molecule has 0 unspecified atom stereocenters. The van der Waals surface area contributed by atoms with Gasteiger partial charge < -0.3 is 0 Å². The van der Waals surface area contributed by atoms with Crippen LogP contribution in [-0.4, -0.2) is 14.2 Å². The maximum atomic E-state index is 10.5. The predicted octanol–water partition coefficient (Wildman–Crippen LogP) is 0.315. The van der Waals surface area contributed by atoms with E-state index in [0.717, 1.165) is 6.42 Å². The Hall–Kier alpha value is -0.0500. The molecule has 0 aliphatic carbocycles. The fraction of sp³-hybridized carbons (Fsp3) is 0.600. The highest BCUT2D eigenvalue weighted by molar-refractivity contribution is 7.93. The molecule has 3 heteroatoms. The molecule has 1 aliphatic rings. The van der Waals surface area contributed by atoms with E-state index >= 15 is 0 Å². The molecule has 2 nitrogen and oxygen atoms in total. The molecule has 0 aromatic carbocycles. The van der Waals surface area contributed by atoms with E-state index in [2.05, 4.69) is 12.2 Å². The molecule has 0 aromatic rings. The smallest absolute Gasteiger partial charge is 0.159 e. The summed E-state index contributed by atoms with van der Waals surface area (Å²) in [5.41, 5.74) is 0. The van der Waals surface area contributed by atoms with E-state index in [1.54, 1.807) is 0 Å². The lowest BCUT2D eigenvalue weighted by atomic mass is 10.3. The van der Waals surface area contributed by atoms with Crippen molar-refractivity contribution < 1.29 is 8.42 Å². The number of hydrogen-bond acceptors (Lipinski definition) is 2. The first kappa shape index (κ1) is 6.08. The van der Waals surface area contributed by atoms with Gasteiger partial charge in [0.2, 0.25) is 0 Å². The van der Waals surface area contributed by atoms with Crippen LogP contribution in [0.5, 0.6) is 0 Å². The maximum absolute atomic E-state index is 10.5. The van der Waals surface area contributed by atoms with Crippen LogP contribution in [0.25, 0.3) is 0 Å². The van der Waals surface area contributed by atoms with Gasteiger partial charge in [-0.05, 0) is 12.8 Å². The molecule has 4 radical (unpaired) electrons. The van der Waals surface area contributed by atoms with E-state index in [0.29, 0.717) is 6.42 Å². The van der Waals surface area contributed by atoms with E-state index in [1.165, 1.54) is 0 Å². The van der Waals surface area contributed by atoms with Gasteiger partial charge in [0.1, 0.15) is 5.75 Å². The molecule has 0 spiro atoms. The molecule has 8 heavy (non-hydrogen) atoms. The van der Waals surface area contributed by atoms with Crippen LogP contribution in [0.1, 0.15) is 12.8 Å². The SMILES string of the molecule is O=S1(=O)[C][C]CCC1. The molecule has 0 aromatic heterocycles. The molecule has 0 atom stereocenters. The highest BCUT2D eigenvalue weighted by Crippen LogP contribution is 2.12. The van der Waals surface area contributed by atoms with Crippen molar-refractivity contribution in [2.24, 2.45) is 0 Å². The zero-order valence-corrected chi connectivity index (χ0v) is 5.16. The summed E-state index contributed by atoms with van der Waals surface area (Å²) in [5, 5.41) is 0. The van der Waals surface area contributed by atoms with Gasteiger partial charge >= 0.3 is 0 Å². The molecule has 1 saturated heterocycles. The van der Waals surface area contributed by atoms with E-state index in [4.69, 9.17) is 0 Å². The molecular weight excluding hydrogens is 124 g/mol. The summed E-state index contributed by atoms with van der Waals surface area (Å²) in [4.78, 5) is 0. The topological polar surface area (TPSA) is 34.1 Å². The Morgan fingerprint density at radius 2 is 2.12 bits per heavy atom. The Morgan fingerprint density at radius 3 is 2.38 bits per heavy atom. The minimum atomic E-state index is -2.94. The maximum Gasteiger partial charge on any atom is 0.159 e. The van der Waals surface area contributed by atoms with Crippen molar-refractivity contribution in [2.45, 2.75) is 12.8 Å². The van der Waals surface area contributed by atoms with Crippen molar-refractivity contribution in [3.8, 4) is 0 Å². The minimum absolute atomic E-state index is 0.250. The minimum Gasteiger partial charge on any atom is -0.228 e. The first-order valence-electron chi connectivity index (χ1n) is 2.43. The summed E-state index contributed by atoms with van der Waals surface area (Å²) >= 11 is 0. The Morgan fingerprint density at radius 1 is 1.38 bits per heavy atom. The third kappa shape index (κ3) is 1.47. The van der Waals surface area contributed by atoms with Crippen LogP contribution in [0.15, 0.2) is 0 Å². The van der Waals surface area contributed by atoms with Crippen molar-refractivity contribution in [3.05, 3.63) is 12.2 Å². The van der Waals surface area contributed by atoms with Gasteiger partial charge in [0.05, 0.1) is 5.75 Å². The van der Waals surface area contributed by atoms with Crippen molar-refractivity contribution >= 4 is 9.84 Å². The van der Waals surface area contributed by atoms with Gasteiger partial charge in [-0.15, -0.1) is 0 Å². The van der Waals surface area contributed by atoms with E-state index < -0.39 is 9.84 Å². The zero-order chi connectivity index (χ0) is 6.04. The third-order valence-corrected chi connectivity index (χ3v) is 2.22. The number of rotatable bonds is 0. The molecule has 0 amide bonds. The van der Waals surface area contributed by atoms with Crippen LogP contribution in [0.4, 0.5) is 0 Å². The zero-order valence-electron chi connectivity index (χ0n) is 4.35. The van der Waals surface area contributed by atoms with Gasteiger partial charge in [0.15, 0.2) is 9.84 Å². The van der Waals surface area contributed by atoms with Gasteiger partial charge in [-0.3, -0.25) is 0 Å². The van der Waals surface area contributed by atoms with Gasteiger partial charge in [-0.2, -0.15) is 0 Å². The Kier molecular flexibility index (Phi) is 1.56. The van der Waals surface area contributed by atoms with Crippen LogP contribution in [-0.2, 0) is 9.84 Å². The highest BCUT2D eigenvalue weighted by Gasteiger charge is 2.16. The number of hydrogen-bond donors (Lipinski definition) is 0. The summed E-state index contributed by atoms with van der Waals surface area (Å²) in [6.07, 6.45) is 3.98. The summed E-state index contributed by atoms with van der Waals surface area (Å²) in [6.45, 7) is 0. The van der Waals surface area contributed by atoms with Gasteiger partial charge in [0.25, 0.3) is 0 Å². The van der Waals surface area contributed by atoms with Gasteiger partial charge in [0, 0.05) is 6.42 Å². The van der Waals surface area contributed by atoms with Crippen molar-refractivity contribution in [1.82, 2.24) is 0 Å². The molecular formula is C5H6O2S. The molecule has 1 heterocycles. The molecule has 0 bridgehead atoms. The first-order valence-corrected chi connectivity index (χ1v) is 4.08. The van der Waals surface area contributed by atoms with E-state index in [9.17, 15) is 8.42 Å². The fourth-order valence-corrected chi connectivity index (χ4v) is 1.51. The Balaban J connectivity index is 2.58. The van der Waals surface area contributed by atoms with Crippen LogP contribution in [0.3, 0.4) is 0 Å². The van der Waals surface area contributed by atoms with Crippen LogP contribution >= 0.6 is 0 Å². The highest BCUT2D eigenvalue weighted by atomic mass is 32.2. The standard InChI is InChI=1S/C5H6O2S/c6-8(7)4-2-1-3-5-8/h1-2,4H2. The molecule has 1 rings (SSSR count). The van der Waals surface area contributed by atoms with Gasteiger partial charge in [-0.25, -0.2) is 8.42 Å². The normalized spacial score (nSPS) is 27.5. The summed E-state index contributed by atoms with van der Waals surface area (Å²) in [6, 6.07) is 0. The van der Waals surface area contributed by atoms with E-state index in [-0.39, 0.29) is 5.75 Å². The fourth-order valence-electron chi connectivity index (χ4n) is 0.563. The van der Waals surface area contributed by atoms with Crippen LogP contribution in [0.2, 0.25) is 0 Å². The van der Waals surface area contributed by atoms with Crippen LogP contribution in [0, 0.1) is 12.2 Å². The second-order valence-electron chi connectivity index (χ2n) is 1.70. The predicted molar refractivity (Wildman–Crippen MR) is 29.5 cm³/mol. The lowest BCUT2D eigenvalue weighted by molar-refractivity contribution is 0.594. The average Bonchev–Trinajstić information content (AvgIpc) is 1.65. The Bertz CT molecular complexity index is 145. The summed E-state index contributed by atoms with van der Waals surface area (Å²) < 4.78 is 21.0. The monoisotopic (exact) mass is 130 g/mol. The second kappa shape index (κ2) is 2.05. The number of sulfone groups is 1. The molecule has 44 valence electrons. The summed E-state index contributed by atoms with van der Waals surface area (Å²) in [7, 11) is -2.94. The third-order valence-electron chi connectivity index (χ3n) is 0.943. The summed E-state index contributed by atoms with van der Waals surface area (Å²) in [5.74, 6) is 2.43. The lowest BCUT2D eigenvalue weighted by Crippen LogP contribution is -2.11. The molecule has 1 aliphatic heterocycles. The largest absolute Gasteiger partial charge is 0.228 e. The molecule has 0 N–H and O–H groups in total.